The first kappa shape index (κ1) is 21.4. The first-order valence-corrected chi connectivity index (χ1v) is 10.0. The van der Waals surface area contributed by atoms with Crippen molar-refractivity contribution in [1.82, 2.24) is 5.73 Å². The van der Waals surface area contributed by atoms with E-state index in [-0.39, 0.29) is 0 Å². The lowest BCUT2D eigenvalue weighted by Gasteiger charge is -2.03. The predicted octanol–water partition coefficient (Wildman–Crippen LogP) is 7.06. The van der Waals surface area contributed by atoms with Crippen LogP contribution in [0.1, 0.15) is 122 Å². The molecule has 0 aliphatic carbocycles. The van der Waals surface area contributed by atoms with Crippen LogP contribution in [0.25, 0.3) is 0 Å². The molecule has 0 fully saturated rings. The fourth-order valence-electron chi connectivity index (χ4n) is 2.99. The Kier molecular flexibility index (Phi) is 19.8. The van der Waals surface area contributed by atoms with E-state index < -0.39 is 0 Å². The summed E-state index contributed by atoms with van der Waals surface area (Å²) in [7, 11) is 0. The monoisotopic (exact) mass is 305 g/mol. The minimum atomic E-state index is 0.856. The maximum Gasteiger partial charge on any atom is 0.0584 e. The third-order valence-electron chi connectivity index (χ3n) is 4.48. The summed E-state index contributed by atoms with van der Waals surface area (Å²) in [5.74, 6) is 2.71. The molecular weight excluding hydrogens is 266 g/mol. The number of hydrogen-bond acceptors (Lipinski definition) is 0. The predicted molar refractivity (Wildman–Crippen MR) is 98.7 cm³/mol. The Hall–Kier alpha value is -0.640. The molecule has 0 aliphatic rings. The van der Waals surface area contributed by atoms with Crippen molar-refractivity contribution in [2.45, 2.75) is 122 Å². The topological polar surface area (TPSA) is 22.3 Å². The first-order chi connectivity index (χ1) is 10.9. The summed E-state index contributed by atoms with van der Waals surface area (Å²) in [4.78, 5) is 0. The van der Waals surface area contributed by atoms with Gasteiger partial charge in [-0.15, -0.1) is 0 Å². The smallest absolute Gasteiger partial charge is 0.0584 e. The van der Waals surface area contributed by atoms with Gasteiger partial charge in [-0.05, 0) is 6.42 Å². The molecule has 0 aliphatic heterocycles. The van der Waals surface area contributed by atoms with E-state index in [1.807, 2.05) is 6.04 Å². The third kappa shape index (κ3) is 19.4. The van der Waals surface area contributed by atoms with E-state index in [4.69, 9.17) is 5.73 Å². The minimum absolute atomic E-state index is 0.856. The maximum absolute atomic E-state index is 8.34. The van der Waals surface area contributed by atoms with Crippen molar-refractivity contribution in [2.24, 2.45) is 0 Å². The van der Waals surface area contributed by atoms with Gasteiger partial charge in [0, 0.05) is 6.42 Å². The Balaban J connectivity index is 2.95. The fraction of sp³-hybridized carbons (Fsp3) is 0.905. The van der Waals surface area contributed by atoms with Crippen molar-refractivity contribution in [3.8, 4) is 12.0 Å². The van der Waals surface area contributed by atoms with E-state index in [0.29, 0.717) is 0 Å². The maximum atomic E-state index is 8.34. The molecule has 0 amide bonds. The summed E-state index contributed by atoms with van der Waals surface area (Å²) in [6.07, 6.45) is 24.7. The van der Waals surface area contributed by atoms with Gasteiger partial charge in [-0.2, -0.15) is 0 Å². The van der Waals surface area contributed by atoms with Crippen molar-refractivity contribution < 1.29 is 0 Å². The molecule has 0 saturated heterocycles. The lowest BCUT2D eigenvalue weighted by atomic mass is 10.0. The van der Waals surface area contributed by atoms with Crippen LogP contribution in [0.15, 0.2) is 0 Å². The Morgan fingerprint density at radius 3 is 1.14 bits per heavy atom. The molecule has 0 N–H and O–H groups in total. The minimum Gasteiger partial charge on any atom is -0.0878 e. The van der Waals surface area contributed by atoms with Gasteiger partial charge in [0.1, 0.15) is 0 Å². The first-order valence-electron chi connectivity index (χ1n) is 10.0. The second kappa shape index (κ2) is 20.4. The van der Waals surface area contributed by atoms with Gasteiger partial charge in [-0.25, -0.2) is 0 Å². The molecule has 0 aromatic rings. The molecular formula is C21H39N. The van der Waals surface area contributed by atoms with Gasteiger partial charge in [-0.1, -0.05) is 121 Å². The van der Waals surface area contributed by atoms with E-state index in [1.54, 1.807) is 0 Å². The van der Waals surface area contributed by atoms with Crippen LogP contribution in [0.3, 0.4) is 0 Å². The molecule has 128 valence electrons. The van der Waals surface area contributed by atoms with E-state index >= 15 is 0 Å². The lowest BCUT2D eigenvalue weighted by Crippen LogP contribution is -1.83. The average molecular weight is 306 g/mol. The molecule has 0 saturated carbocycles. The molecule has 1 heteroatoms. The van der Waals surface area contributed by atoms with Gasteiger partial charge in [0.15, 0.2) is 0 Å². The highest BCUT2D eigenvalue weighted by Gasteiger charge is 1.94. The van der Waals surface area contributed by atoms with E-state index in [9.17, 15) is 0 Å². The van der Waals surface area contributed by atoms with E-state index in [0.717, 1.165) is 12.8 Å². The number of unbranched alkanes of at least 4 members (excludes halogenated alkanes) is 17. The quantitative estimate of drug-likeness (QED) is 0.203. The zero-order chi connectivity index (χ0) is 16.1. The zero-order valence-corrected chi connectivity index (χ0v) is 15.2. The van der Waals surface area contributed by atoms with Crippen LogP contribution in [-0.4, -0.2) is 0 Å². The van der Waals surface area contributed by atoms with Crippen LogP contribution in [0, 0.1) is 12.0 Å². The molecule has 0 rings (SSSR count). The van der Waals surface area contributed by atoms with Crippen molar-refractivity contribution in [3.63, 3.8) is 0 Å². The van der Waals surface area contributed by atoms with Crippen LogP contribution in [0.2, 0.25) is 0 Å². The molecule has 0 unspecified atom stereocenters. The summed E-state index contributed by atoms with van der Waals surface area (Å²) in [5, 5.41) is 0. The van der Waals surface area contributed by atoms with Gasteiger partial charge >= 0.3 is 0 Å². The Morgan fingerprint density at radius 2 is 0.818 bits per heavy atom. The number of rotatable bonds is 17. The lowest BCUT2D eigenvalue weighted by molar-refractivity contribution is 0.528. The van der Waals surface area contributed by atoms with Crippen LogP contribution in [-0.2, 0) is 0 Å². The second-order valence-electron chi connectivity index (χ2n) is 6.70. The van der Waals surface area contributed by atoms with Crippen LogP contribution < -0.4 is 5.73 Å². The van der Waals surface area contributed by atoms with Crippen molar-refractivity contribution in [3.05, 3.63) is 0 Å². The van der Waals surface area contributed by atoms with Crippen molar-refractivity contribution in [1.29, 1.82) is 0 Å². The van der Waals surface area contributed by atoms with Gasteiger partial charge in [0.2, 0.25) is 0 Å². The molecule has 2 radical (unpaired) electrons. The summed E-state index contributed by atoms with van der Waals surface area (Å²) in [5.41, 5.74) is 8.34. The van der Waals surface area contributed by atoms with Crippen LogP contribution in [0.5, 0.6) is 0 Å². The highest BCUT2D eigenvalue weighted by molar-refractivity contribution is 4.92. The molecule has 0 heterocycles. The van der Waals surface area contributed by atoms with Gasteiger partial charge in [-0.3, -0.25) is 0 Å². The average Bonchev–Trinajstić information content (AvgIpc) is 2.54. The van der Waals surface area contributed by atoms with E-state index in [1.165, 1.54) is 103 Å². The molecule has 0 aromatic heterocycles. The molecule has 22 heavy (non-hydrogen) atoms. The number of hydrogen-bond donors (Lipinski definition) is 0. The molecule has 1 nitrogen and oxygen atoms in total. The van der Waals surface area contributed by atoms with Gasteiger partial charge in [0.05, 0.1) is 6.04 Å². The standard InChI is InChI=1S/C21H39N/c1-2-3-4-5-6-7-8-9-10-11-12-13-14-15-16-17-18-19-20-21-22/h2-19H2,1H3. The summed E-state index contributed by atoms with van der Waals surface area (Å²) in [6, 6.07) is 1.97. The third-order valence-corrected chi connectivity index (χ3v) is 4.48. The van der Waals surface area contributed by atoms with Crippen LogP contribution in [0.4, 0.5) is 0 Å². The number of nitrogens with zero attached hydrogens (tertiary/aromatic N) is 1. The largest absolute Gasteiger partial charge is 0.0878 e. The van der Waals surface area contributed by atoms with Crippen LogP contribution >= 0.6 is 0 Å². The molecule has 0 atom stereocenters. The van der Waals surface area contributed by atoms with Gasteiger partial charge in [0.25, 0.3) is 0 Å². The molecule has 0 spiro atoms. The van der Waals surface area contributed by atoms with Gasteiger partial charge < -0.3 is 0 Å². The van der Waals surface area contributed by atoms with E-state index in [2.05, 4.69) is 12.8 Å². The summed E-state index contributed by atoms with van der Waals surface area (Å²) >= 11 is 0. The van der Waals surface area contributed by atoms with Crippen molar-refractivity contribution >= 4 is 0 Å². The molecule has 0 bridgehead atoms. The summed E-state index contributed by atoms with van der Waals surface area (Å²) in [6.45, 7) is 2.29. The van der Waals surface area contributed by atoms with Crippen molar-refractivity contribution in [2.75, 3.05) is 0 Å². The summed E-state index contributed by atoms with van der Waals surface area (Å²) < 4.78 is 0. The SMILES string of the molecule is CCCCCCCCCCCCCCCCCCCC#C[N]. The zero-order valence-electron chi connectivity index (χ0n) is 15.2. The Bertz CT molecular complexity index is 248. The highest BCUT2D eigenvalue weighted by Crippen LogP contribution is 2.14. The Labute approximate surface area is 140 Å². The fourth-order valence-corrected chi connectivity index (χ4v) is 2.99. The highest BCUT2D eigenvalue weighted by atomic mass is 14.4. The normalized spacial score (nSPS) is 10.4. The Morgan fingerprint density at radius 1 is 0.500 bits per heavy atom. The second-order valence-corrected chi connectivity index (χ2v) is 6.70. The molecule has 0 aromatic carbocycles.